The summed E-state index contributed by atoms with van der Waals surface area (Å²) in [6, 6.07) is 0.683. The van der Waals surface area contributed by atoms with Crippen LogP contribution in [0.5, 0.6) is 0 Å². The minimum atomic E-state index is 0.683. The van der Waals surface area contributed by atoms with Gasteiger partial charge in [0.05, 0.1) is 13.2 Å². The Labute approximate surface area is 67.7 Å². The van der Waals surface area contributed by atoms with Gasteiger partial charge in [-0.05, 0) is 7.05 Å². The second kappa shape index (κ2) is 3.09. The van der Waals surface area contributed by atoms with E-state index in [4.69, 9.17) is 4.74 Å². The van der Waals surface area contributed by atoms with Crippen molar-refractivity contribution in [1.29, 1.82) is 0 Å². The van der Waals surface area contributed by atoms with Crippen molar-refractivity contribution in [2.45, 2.75) is 6.04 Å². The Balaban J connectivity index is 1.82. The Morgan fingerprint density at radius 3 is 2.82 bits per heavy atom. The highest BCUT2D eigenvalue weighted by atomic mass is 16.5. The van der Waals surface area contributed by atoms with E-state index in [1.807, 2.05) is 0 Å². The topological polar surface area (TPSA) is 24.5 Å². The molecule has 0 amide bonds. The quantitative estimate of drug-likeness (QED) is 0.556. The van der Waals surface area contributed by atoms with Crippen LogP contribution in [0.3, 0.4) is 0 Å². The SMILES string of the molecule is CN1CCNC(C2COC2)C1. The molecule has 0 aromatic rings. The summed E-state index contributed by atoms with van der Waals surface area (Å²) in [7, 11) is 2.19. The summed E-state index contributed by atoms with van der Waals surface area (Å²) in [6.45, 7) is 5.44. The number of ether oxygens (including phenoxy) is 1. The van der Waals surface area contributed by atoms with Gasteiger partial charge in [0.15, 0.2) is 0 Å². The van der Waals surface area contributed by atoms with Crippen LogP contribution in [0.25, 0.3) is 0 Å². The van der Waals surface area contributed by atoms with Gasteiger partial charge < -0.3 is 15.0 Å². The van der Waals surface area contributed by atoms with E-state index < -0.39 is 0 Å². The average Bonchev–Trinajstić information content (AvgIpc) is 1.83. The van der Waals surface area contributed by atoms with E-state index in [9.17, 15) is 0 Å². The van der Waals surface area contributed by atoms with E-state index in [-0.39, 0.29) is 0 Å². The van der Waals surface area contributed by atoms with Crippen molar-refractivity contribution in [3.63, 3.8) is 0 Å². The van der Waals surface area contributed by atoms with Gasteiger partial charge in [0.2, 0.25) is 0 Å². The predicted molar refractivity (Wildman–Crippen MR) is 43.6 cm³/mol. The molecule has 1 N–H and O–H groups in total. The number of likely N-dealkylation sites (N-methyl/N-ethyl adjacent to an activating group) is 1. The zero-order valence-corrected chi connectivity index (χ0v) is 7.05. The van der Waals surface area contributed by atoms with Crippen LogP contribution in [0.1, 0.15) is 0 Å². The van der Waals surface area contributed by atoms with E-state index in [0.717, 1.165) is 25.7 Å². The van der Waals surface area contributed by atoms with Crippen molar-refractivity contribution >= 4 is 0 Å². The fraction of sp³-hybridized carbons (Fsp3) is 1.00. The van der Waals surface area contributed by atoms with E-state index in [0.29, 0.717) is 6.04 Å². The van der Waals surface area contributed by atoms with Crippen LogP contribution in [0.2, 0.25) is 0 Å². The first-order chi connectivity index (χ1) is 5.36. The zero-order valence-electron chi connectivity index (χ0n) is 7.05. The van der Waals surface area contributed by atoms with Gasteiger partial charge in [-0.25, -0.2) is 0 Å². The third-order valence-corrected chi connectivity index (χ3v) is 2.64. The van der Waals surface area contributed by atoms with Crippen LogP contribution in [0, 0.1) is 5.92 Å². The van der Waals surface area contributed by atoms with Gasteiger partial charge in [0.25, 0.3) is 0 Å². The zero-order chi connectivity index (χ0) is 7.68. The van der Waals surface area contributed by atoms with Crippen molar-refractivity contribution < 1.29 is 4.74 Å². The Morgan fingerprint density at radius 2 is 2.27 bits per heavy atom. The molecule has 0 aliphatic carbocycles. The highest BCUT2D eigenvalue weighted by Crippen LogP contribution is 2.16. The predicted octanol–water partition coefficient (Wildman–Crippen LogP) is -0.464. The molecule has 11 heavy (non-hydrogen) atoms. The maximum atomic E-state index is 5.16. The van der Waals surface area contributed by atoms with Crippen LogP contribution in [-0.4, -0.2) is 50.8 Å². The average molecular weight is 156 g/mol. The summed E-state index contributed by atoms with van der Waals surface area (Å²) in [4.78, 5) is 2.39. The Bertz CT molecular complexity index is 136. The molecule has 2 heterocycles. The normalized spacial score (nSPS) is 35.2. The van der Waals surface area contributed by atoms with E-state index in [2.05, 4.69) is 17.3 Å². The number of hydrogen-bond donors (Lipinski definition) is 1. The molecule has 0 radical (unpaired) electrons. The third-order valence-electron chi connectivity index (χ3n) is 2.64. The van der Waals surface area contributed by atoms with E-state index in [1.54, 1.807) is 0 Å². The van der Waals surface area contributed by atoms with Crippen LogP contribution >= 0.6 is 0 Å². The molecule has 3 nitrogen and oxygen atoms in total. The summed E-state index contributed by atoms with van der Waals surface area (Å²) in [5.41, 5.74) is 0. The summed E-state index contributed by atoms with van der Waals surface area (Å²) >= 11 is 0. The number of hydrogen-bond acceptors (Lipinski definition) is 3. The first-order valence-electron chi connectivity index (χ1n) is 4.36. The van der Waals surface area contributed by atoms with Gasteiger partial charge in [-0.15, -0.1) is 0 Å². The Hall–Kier alpha value is -0.120. The fourth-order valence-electron chi connectivity index (χ4n) is 1.73. The van der Waals surface area contributed by atoms with Crippen LogP contribution in [0.15, 0.2) is 0 Å². The Morgan fingerprint density at radius 1 is 1.45 bits per heavy atom. The highest BCUT2D eigenvalue weighted by Gasteiger charge is 2.30. The van der Waals surface area contributed by atoms with Crippen molar-refractivity contribution in [3.8, 4) is 0 Å². The number of rotatable bonds is 1. The lowest BCUT2D eigenvalue weighted by Gasteiger charge is -2.39. The Kier molecular flexibility index (Phi) is 2.11. The van der Waals surface area contributed by atoms with Crippen molar-refractivity contribution in [2.24, 2.45) is 5.92 Å². The summed E-state index contributed by atoms with van der Waals surface area (Å²) < 4.78 is 5.16. The smallest absolute Gasteiger partial charge is 0.0531 e. The minimum Gasteiger partial charge on any atom is -0.381 e. The molecule has 0 saturated carbocycles. The minimum absolute atomic E-state index is 0.683. The number of piperazine rings is 1. The van der Waals surface area contributed by atoms with E-state index >= 15 is 0 Å². The largest absolute Gasteiger partial charge is 0.381 e. The molecule has 1 unspecified atom stereocenters. The van der Waals surface area contributed by atoms with Crippen LogP contribution in [0.4, 0.5) is 0 Å². The highest BCUT2D eigenvalue weighted by molar-refractivity contribution is 4.86. The van der Waals surface area contributed by atoms with Gasteiger partial charge >= 0.3 is 0 Å². The van der Waals surface area contributed by atoms with Crippen molar-refractivity contribution in [3.05, 3.63) is 0 Å². The number of nitrogens with one attached hydrogen (secondary N) is 1. The lowest BCUT2D eigenvalue weighted by molar-refractivity contribution is -0.0576. The molecule has 2 saturated heterocycles. The van der Waals surface area contributed by atoms with Crippen LogP contribution < -0.4 is 5.32 Å². The fourth-order valence-corrected chi connectivity index (χ4v) is 1.73. The van der Waals surface area contributed by atoms with Crippen LogP contribution in [-0.2, 0) is 4.74 Å². The molecule has 0 aromatic heterocycles. The summed E-state index contributed by atoms with van der Waals surface area (Å²) in [6.07, 6.45) is 0. The van der Waals surface area contributed by atoms with Gasteiger partial charge in [-0.3, -0.25) is 0 Å². The third kappa shape index (κ3) is 1.55. The van der Waals surface area contributed by atoms with Crippen molar-refractivity contribution in [2.75, 3.05) is 39.9 Å². The summed E-state index contributed by atoms with van der Waals surface area (Å²) in [5.74, 6) is 0.776. The molecule has 2 aliphatic rings. The lowest BCUT2D eigenvalue weighted by atomic mass is 9.96. The monoisotopic (exact) mass is 156 g/mol. The second-order valence-corrected chi connectivity index (χ2v) is 3.62. The standard InChI is InChI=1S/C8H16N2O/c1-10-3-2-9-8(4-10)7-5-11-6-7/h7-9H,2-6H2,1H3. The molecule has 2 fully saturated rings. The van der Waals surface area contributed by atoms with Gasteiger partial charge in [0.1, 0.15) is 0 Å². The first kappa shape index (κ1) is 7.53. The van der Waals surface area contributed by atoms with Gasteiger partial charge in [-0.2, -0.15) is 0 Å². The molecular formula is C8H16N2O. The molecule has 0 aromatic carbocycles. The first-order valence-corrected chi connectivity index (χ1v) is 4.36. The molecular weight excluding hydrogens is 140 g/mol. The molecule has 2 aliphatic heterocycles. The van der Waals surface area contributed by atoms with Gasteiger partial charge in [0, 0.05) is 31.6 Å². The van der Waals surface area contributed by atoms with Crippen molar-refractivity contribution in [1.82, 2.24) is 10.2 Å². The lowest BCUT2D eigenvalue weighted by Crippen LogP contribution is -2.56. The molecule has 1 atom stereocenters. The maximum absolute atomic E-state index is 5.16. The molecule has 0 bridgehead atoms. The molecule has 64 valence electrons. The summed E-state index contributed by atoms with van der Waals surface area (Å²) in [5, 5.41) is 3.53. The van der Waals surface area contributed by atoms with E-state index in [1.165, 1.54) is 13.1 Å². The molecule has 0 spiro atoms. The molecule has 3 heteroatoms. The molecule has 2 rings (SSSR count). The maximum Gasteiger partial charge on any atom is 0.0531 e. The number of nitrogens with zero attached hydrogens (tertiary/aromatic N) is 1. The second-order valence-electron chi connectivity index (χ2n) is 3.62. The van der Waals surface area contributed by atoms with Gasteiger partial charge in [-0.1, -0.05) is 0 Å².